The third-order valence-electron chi connectivity index (χ3n) is 4.47. The van der Waals surface area contributed by atoms with E-state index in [1.54, 1.807) is 21.1 Å². The number of para-hydroxylation sites is 1. The number of nitrogens with one attached hydrogen (secondary N) is 2. The molecule has 0 bridgehead atoms. The Morgan fingerprint density at radius 3 is 2.45 bits per heavy atom. The quantitative estimate of drug-likeness (QED) is 0.612. The maximum absolute atomic E-state index is 12.5. The number of benzene rings is 2. The lowest BCUT2D eigenvalue weighted by Gasteiger charge is -2.11. The summed E-state index contributed by atoms with van der Waals surface area (Å²) >= 11 is 0. The van der Waals surface area contributed by atoms with Gasteiger partial charge in [0, 0.05) is 24.8 Å². The fourth-order valence-electron chi connectivity index (χ4n) is 2.82. The fraction of sp³-hybridized carbons (Fsp3) is 0.227. The number of rotatable bonds is 8. The first-order valence-electron chi connectivity index (χ1n) is 9.21. The summed E-state index contributed by atoms with van der Waals surface area (Å²) in [4.78, 5) is 21.2. The Balaban J connectivity index is 1.60. The maximum Gasteiger partial charge on any atom is 0.254 e. The molecule has 0 saturated carbocycles. The van der Waals surface area contributed by atoms with Crippen LogP contribution in [0.2, 0.25) is 0 Å². The summed E-state index contributed by atoms with van der Waals surface area (Å²) in [5.74, 6) is 1.79. The van der Waals surface area contributed by atoms with E-state index in [9.17, 15) is 4.79 Å². The van der Waals surface area contributed by atoms with Crippen LogP contribution in [0, 0.1) is 6.92 Å². The smallest absolute Gasteiger partial charge is 0.254 e. The van der Waals surface area contributed by atoms with Crippen LogP contribution < -0.4 is 20.1 Å². The summed E-state index contributed by atoms with van der Waals surface area (Å²) in [6, 6.07) is 15.3. The number of ether oxygens (including phenoxy) is 2. The van der Waals surface area contributed by atoms with Crippen molar-refractivity contribution in [2.24, 2.45) is 0 Å². The zero-order valence-corrected chi connectivity index (χ0v) is 16.7. The normalized spacial score (nSPS) is 10.3. The highest BCUT2D eigenvalue weighted by atomic mass is 16.5. The second kappa shape index (κ2) is 9.54. The summed E-state index contributed by atoms with van der Waals surface area (Å²) in [7, 11) is 3.24. The van der Waals surface area contributed by atoms with Crippen molar-refractivity contribution in [2.75, 3.05) is 19.5 Å². The number of aromatic nitrogens is 2. The van der Waals surface area contributed by atoms with Crippen LogP contribution in [0.15, 0.2) is 54.7 Å². The van der Waals surface area contributed by atoms with Crippen LogP contribution in [0.25, 0.3) is 0 Å². The number of nitrogens with zero attached hydrogens (tertiary/aromatic N) is 2. The zero-order chi connectivity index (χ0) is 20.6. The summed E-state index contributed by atoms with van der Waals surface area (Å²) in [6.07, 6.45) is 1.54. The van der Waals surface area contributed by atoms with Crippen molar-refractivity contribution in [3.63, 3.8) is 0 Å². The molecule has 0 saturated heterocycles. The Kier molecular flexibility index (Phi) is 6.63. The highest BCUT2D eigenvalue weighted by Gasteiger charge is 2.12. The molecule has 2 N–H and O–H groups in total. The van der Waals surface area contributed by atoms with Crippen LogP contribution >= 0.6 is 0 Å². The lowest BCUT2D eigenvalue weighted by molar-refractivity contribution is 0.0949. The molecule has 0 fully saturated rings. The Bertz CT molecular complexity index is 974. The fourth-order valence-corrected chi connectivity index (χ4v) is 2.82. The first kappa shape index (κ1) is 20.1. The van der Waals surface area contributed by atoms with Gasteiger partial charge >= 0.3 is 0 Å². The van der Waals surface area contributed by atoms with Gasteiger partial charge in [0.1, 0.15) is 11.5 Å². The van der Waals surface area contributed by atoms with E-state index in [-0.39, 0.29) is 5.91 Å². The third-order valence-corrected chi connectivity index (χ3v) is 4.47. The van der Waals surface area contributed by atoms with E-state index in [4.69, 9.17) is 9.47 Å². The predicted molar refractivity (Wildman–Crippen MR) is 111 cm³/mol. The number of carbonyl (C=O) groups excluding carboxylic acids is 1. The van der Waals surface area contributed by atoms with Crippen LogP contribution in [0.1, 0.15) is 27.2 Å². The number of amides is 1. The molecule has 0 unspecified atom stereocenters. The first-order valence-corrected chi connectivity index (χ1v) is 9.21. The Labute approximate surface area is 170 Å². The van der Waals surface area contributed by atoms with E-state index in [2.05, 4.69) is 20.6 Å². The number of hydrogen-bond donors (Lipinski definition) is 2. The lowest BCUT2D eigenvalue weighted by Crippen LogP contribution is -2.24. The maximum atomic E-state index is 12.5. The molecule has 3 aromatic rings. The molecule has 0 spiro atoms. The van der Waals surface area contributed by atoms with E-state index in [0.717, 1.165) is 22.6 Å². The molecular formula is C22H24N4O3. The average molecular weight is 392 g/mol. The van der Waals surface area contributed by atoms with Crippen molar-refractivity contribution in [1.29, 1.82) is 0 Å². The molecule has 0 aliphatic carbocycles. The average Bonchev–Trinajstić information content (AvgIpc) is 2.76. The highest BCUT2D eigenvalue weighted by molar-refractivity contribution is 5.95. The van der Waals surface area contributed by atoms with Gasteiger partial charge in [-0.15, -0.1) is 0 Å². The molecule has 7 heteroatoms. The molecule has 1 amide bonds. The molecule has 3 rings (SSSR count). The second-order valence-electron chi connectivity index (χ2n) is 6.39. The standard InChI is InChI=1S/C22H24N4O3/c1-15-19(21(27)23-13-17-6-4-5-7-20(17)29-3)14-25-22(26-15)24-12-16-8-10-18(28-2)11-9-16/h4-11,14H,12-13H2,1-3H3,(H,23,27)(H,24,25,26). The van der Waals surface area contributed by atoms with E-state index in [1.807, 2.05) is 48.5 Å². The van der Waals surface area contributed by atoms with Gasteiger partial charge in [-0.05, 0) is 30.7 Å². The summed E-state index contributed by atoms with van der Waals surface area (Å²) in [6.45, 7) is 2.72. The van der Waals surface area contributed by atoms with Gasteiger partial charge < -0.3 is 20.1 Å². The van der Waals surface area contributed by atoms with Gasteiger partial charge in [0.2, 0.25) is 5.95 Å². The van der Waals surface area contributed by atoms with Crippen molar-refractivity contribution in [3.8, 4) is 11.5 Å². The van der Waals surface area contributed by atoms with E-state index in [0.29, 0.717) is 30.3 Å². The predicted octanol–water partition coefficient (Wildman–Crippen LogP) is 3.34. The molecule has 29 heavy (non-hydrogen) atoms. The summed E-state index contributed by atoms with van der Waals surface area (Å²) in [5.41, 5.74) is 3.02. The van der Waals surface area contributed by atoms with E-state index < -0.39 is 0 Å². The molecule has 0 aliphatic rings. The second-order valence-corrected chi connectivity index (χ2v) is 6.39. The first-order chi connectivity index (χ1) is 14.1. The number of carbonyl (C=O) groups is 1. The SMILES string of the molecule is COc1ccc(CNc2ncc(C(=O)NCc3ccccc3OC)c(C)n2)cc1. The van der Waals surface area contributed by atoms with Crippen LogP contribution in [0.3, 0.4) is 0 Å². The molecule has 2 aromatic carbocycles. The minimum Gasteiger partial charge on any atom is -0.497 e. The number of aryl methyl sites for hydroxylation is 1. The summed E-state index contributed by atoms with van der Waals surface area (Å²) in [5, 5.41) is 6.05. The highest BCUT2D eigenvalue weighted by Crippen LogP contribution is 2.17. The molecule has 1 aromatic heterocycles. The third kappa shape index (κ3) is 5.22. The van der Waals surface area contributed by atoms with Gasteiger partial charge in [-0.1, -0.05) is 30.3 Å². The topological polar surface area (TPSA) is 85.4 Å². The van der Waals surface area contributed by atoms with Crippen molar-refractivity contribution >= 4 is 11.9 Å². The zero-order valence-electron chi connectivity index (χ0n) is 16.7. The molecule has 0 radical (unpaired) electrons. The van der Waals surface area contributed by atoms with Crippen LogP contribution in [-0.2, 0) is 13.1 Å². The molecule has 0 aliphatic heterocycles. The molecule has 7 nitrogen and oxygen atoms in total. The van der Waals surface area contributed by atoms with Gasteiger partial charge in [0.25, 0.3) is 5.91 Å². The molecular weight excluding hydrogens is 368 g/mol. The van der Waals surface area contributed by atoms with Gasteiger partial charge in [0.05, 0.1) is 25.5 Å². The monoisotopic (exact) mass is 392 g/mol. The minimum absolute atomic E-state index is 0.227. The van der Waals surface area contributed by atoms with Gasteiger partial charge in [-0.3, -0.25) is 4.79 Å². The van der Waals surface area contributed by atoms with Crippen molar-refractivity contribution in [1.82, 2.24) is 15.3 Å². The molecule has 150 valence electrons. The Morgan fingerprint density at radius 1 is 1.00 bits per heavy atom. The van der Waals surface area contributed by atoms with Crippen LogP contribution in [0.5, 0.6) is 11.5 Å². The Morgan fingerprint density at radius 2 is 1.76 bits per heavy atom. The largest absolute Gasteiger partial charge is 0.497 e. The van der Waals surface area contributed by atoms with Gasteiger partial charge in [-0.25, -0.2) is 9.97 Å². The van der Waals surface area contributed by atoms with Crippen molar-refractivity contribution < 1.29 is 14.3 Å². The minimum atomic E-state index is -0.227. The van der Waals surface area contributed by atoms with Crippen LogP contribution in [0.4, 0.5) is 5.95 Å². The molecule has 0 atom stereocenters. The lowest BCUT2D eigenvalue weighted by atomic mass is 10.2. The Hall–Kier alpha value is -3.61. The van der Waals surface area contributed by atoms with E-state index >= 15 is 0 Å². The van der Waals surface area contributed by atoms with Crippen LogP contribution in [-0.4, -0.2) is 30.1 Å². The van der Waals surface area contributed by atoms with E-state index in [1.165, 1.54) is 6.20 Å². The summed E-state index contributed by atoms with van der Waals surface area (Å²) < 4.78 is 10.5. The van der Waals surface area contributed by atoms with Gasteiger partial charge in [-0.2, -0.15) is 0 Å². The van der Waals surface area contributed by atoms with Gasteiger partial charge in [0.15, 0.2) is 0 Å². The molecule has 1 heterocycles. The number of methoxy groups -OCH3 is 2. The van der Waals surface area contributed by atoms with Crippen molar-refractivity contribution in [2.45, 2.75) is 20.0 Å². The van der Waals surface area contributed by atoms with Crippen molar-refractivity contribution in [3.05, 3.63) is 77.1 Å². The number of anilines is 1. The number of hydrogen-bond acceptors (Lipinski definition) is 6.